The number of benzene rings is 1. The van der Waals surface area contributed by atoms with E-state index in [1.54, 1.807) is 45.0 Å². The summed E-state index contributed by atoms with van der Waals surface area (Å²) in [6, 6.07) is 6.45. The second-order valence-electron chi connectivity index (χ2n) is 6.62. The number of esters is 1. The molecule has 1 aromatic carbocycles. The zero-order valence-corrected chi connectivity index (χ0v) is 15.7. The van der Waals surface area contributed by atoms with Crippen LogP contribution in [0.3, 0.4) is 0 Å². The first-order valence-electron chi connectivity index (χ1n) is 8.04. The first kappa shape index (κ1) is 24.9. The van der Waals surface area contributed by atoms with Gasteiger partial charge in [0.15, 0.2) is 11.9 Å². The molecule has 0 heterocycles. The summed E-state index contributed by atoms with van der Waals surface area (Å²) in [7, 11) is 0. The van der Waals surface area contributed by atoms with Gasteiger partial charge in [0, 0.05) is 23.4 Å². The van der Waals surface area contributed by atoms with Gasteiger partial charge in [0.1, 0.15) is 5.75 Å². The molecule has 0 saturated carbocycles. The summed E-state index contributed by atoms with van der Waals surface area (Å²) in [4.78, 5) is 35.3. The average Bonchev–Trinajstić information content (AvgIpc) is 2.52. The number of alkyl carbamates (subject to hydrolysis) is 1. The van der Waals surface area contributed by atoms with E-state index in [-0.39, 0.29) is 48.3 Å². The zero-order chi connectivity index (χ0) is 19.0. The Hall–Kier alpha value is -1.08. The minimum absolute atomic E-state index is 0. The van der Waals surface area contributed by atoms with Gasteiger partial charge in [-0.05, 0) is 37.6 Å². The molecule has 0 bridgehead atoms. The van der Waals surface area contributed by atoms with E-state index in [0.29, 0.717) is 17.2 Å². The van der Waals surface area contributed by atoms with Crippen molar-refractivity contribution in [2.24, 2.45) is 5.41 Å². The fourth-order valence-electron chi connectivity index (χ4n) is 1.97. The topological polar surface area (TPSA) is 81.7 Å². The van der Waals surface area contributed by atoms with E-state index in [1.165, 1.54) is 6.92 Å². The average molecular weight is 394 g/mol. The molecule has 1 N–H and O–H groups in total. The van der Waals surface area contributed by atoms with Crippen LogP contribution in [0, 0.1) is 5.41 Å². The van der Waals surface area contributed by atoms with Crippen LogP contribution < -0.4 is 10.1 Å². The number of amides is 1. The number of carbonyl (C=O) groups is 3. The van der Waals surface area contributed by atoms with Crippen molar-refractivity contribution in [3.8, 4) is 5.75 Å². The quantitative estimate of drug-likeness (QED) is 0.333. The van der Waals surface area contributed by atoms with Crippen LogP contribution in [0.1, 0.15) is 40.5 Å². The van der Waals surface area contributed by atoms with Crippen LogP contribution in [0.25, 0.3) is 0 Å². The van der Waals surface area contributed by atoms with Crippen LogP contribution in [-0.2, 0) is 14.3 Å². The van der Waals surface area contributed by atoms with E-state index >= 15 is 0 Å². The van der Waals surface area contributed by atoms with Crippen LogP contribution in [0.5, 0.6) is 5.75 Å². The molecule has 1 aromatic rings. The van der Waals surface area contributed by atoms with Gasteiger partial charge < -0.3 is 14.8 Å². The first-order valence-corrected chi connectivity index (χ1v) is 8.42. The molecule has 0 radical (unpaired) electrons. The summed E-state index contributed by atoms with van der Waals surface area (Å²) >= 11 is 5.75. The third-order valence-electron chi connectivity index (χ3n) is 3.26. The van der Waals surface area contributed by atoms with E-state index in [9.17, 15) is 14.4 Å². The van der Waals surface area contributed by atoms with Gasteiger partial charge in [0.2, 0.25) is 0 Å². The van der Waals surface area contributed by atoms with Crippen molar-refractivity contribution >= 4 is 59.0 Å². The van der Waals surface area contributed by atoms with Crippen molar-refractivity contribution in [2.75, 3.05) is 6.54 Å². The molecule has 140 valence electrons. The summed E-state index contributed by atoms with van der Waals surface area (Å²) in [5.74, 6) is -0.153. The number of carbonyl (C=O) groups excluding carboxylic acids is 3. The van der Waals surface area contributed by atoms with Gasteiger partial charge in [0.25, 0.3) is 0 Å². The minimum atomic E-state index is -0.824. The molecule has 1 atom stereocenters. The maximum absolute atomic E-state index is 11.9. The predicted molar refractivity (Wildman–Crippen MR) is 102 cm³/mol. The molecule has 0 aliphatic rings. The summed E-state index contributed by atoms with van der Waals surface area (Å²) < 4.78 is 10.1. The molecule has 0 aromatic heterocycles. The molecule has 0 spiro atoms. The Morgan fingerprint density at radius 3 is 2.27 bits per heavy atom. The number of rotatable bonds is 7. The van der Waals surface area contributed by atoms with E-state index in [0.717, 1.165) is 0 Å². The predicted octanol–water partition coefficient (Wildman–Crippen LogP) is 3.11. The zero-order valence-electron chi connectivity index (χ0n) is 14.9. The molecule has 1 rings (SSSR count). The molecule has 26 heavy (non-hydrogen) atoms. The van der Waals surface area contributed by atoms with Crippen molar-refractivity contribution in [3.05, 3.63) is 29.3 Å². The molecular weight excluding hydrogens is 369 g/mol. The van der Waals surface area contributed by atoms with Gasteiger partial charge in [-0.2, -0.15) is 0 Å². The molecule has 0 aliphatic carbocycles. The Balaban J connectivity index is 0.00000625. The Bertz CT molecular complexity index is 613. The summed E-state index contributed by atoms with van der Waals surface area (Å²) in [6.45, 7) is 7.07. The van der Waals surface area contributed by atoms with Gasteiger partial charge in [0.05, 0.1) is 0 Å². The number of nitrogens with one attached hydrogen (secondary N) is 1. The van der Waals surface area contributed by atoms with Gasteiger partial charge in [-0.3, -0.25) is 9.59 Å². The third-order valence-corrected chi connectivity index (χ3v) is 3.52. The van der Waals surface area contributed by atoms with Gasteiger partial charge in [-0.15, -0.1) is 0 Å². The van der Waals surface area contributed by atoms with Crippen LogP contribution in [0.4, 0.5) is 4.79 Å². The second kappa shape index (κ2) is 11.6. The summed E-state index contributed by atoms with van der Waals surface area (Å²) in [5.41, 5.74) is -0.578. The second-order valence-corrected chi connectivity index (χ2v) is 7.06. The SMILES string of the molecule is CC(OC(=O)NCCCC(=O)Oc1ccc(Cl)cc1)C(=O)C(C)(C)C.[NaH]. The van der Waals surface area contributed by atoms with Crippen molar-refractivity contribution < 1.29 is 23.9 Å². The number of ketones is 1. The van der Waals surface area contributed by atoms with Crippen molar-refractivity contribution in [1.29, 1.82) is 0 Å². The van der Waals surface area contributed by atoms with E-state index in [2.05, 4.69) is 5.32 Å². The molecule has 0 fully saturated rings. The van der Waals surface area contributed by atoms with Gasteiger partial charge in [-0.1, -0.05) is 32.4 Å². The number of Topliss-reactive ketones (excluding diaryl/α,β-unsaturated/α-hetero) is 1. The van der Waals surface area contributed by atoms with E-state index in [1.807, 2.05) is 0 Å². The van der Waals surface area contributed by atoms with Gasteiger partial charge >= 0.3 is 41.6 Å². The molecular formula is C18H25ClNNaO5. The number of ether oxygens (including phenoxy) is 2. The van der Waals surface area contributed by atoms with Crippen LogP contribution in [-0.4, -0.2) is 60.1 Å². The third kappa shape index (κ3) is 9.57. The first-order chi connectivity index (χ1) is 11.6. The molecule has 6 nitrogen and oxygen atoms in total. The fraction of sp³-hybridized carbons (Fsp3) is 0.500. The van der Waals surface area contributed by atoms with Gasteiger partial charge in [-0.25, -0.2) is 4.79 Å². The monoisotopic (exact) mass is 393 g/mol. The normalized spacial score (nSPS) is 11.7. The standard InChI is InChI=1S/C18H24ClNO5.Na.H/c1-12(16(22)18(2,3)4)24-17(23)20-11-5-6-15(21)25-14-9-7-13(19)8-10-14;;/h7-10,12H,5-6,11H2,1-4H3,(H,20,23);;. The molecule has 1 unspecified atom stereocenters. The summed E-state index contributed by atoms with van der Waals surface area (Å²) in [6.07, 6.45) is -0.978. The number of hydrogen-bond acceptors (Lipinski definition) is 5. The Morgan fingerprint density at radius 1 is 1.15 bits per heavy atom. The van der Waals surface area contributed by atoms with Crippen LogP contribution in [0.15, 0.2) is 24.3 Å². The van der Waals surface area contributed by atoms with Crippen molar-refractivity contribution in [2.45, 2.75) is 46.6 Å². The van der Waals surface area contributed by atoms with Crippen molar-refractivity contribution in [3.63, 3.8) is 0 Å². The Morgan fingerprint density at radius 2 is 1.73 bits per heavy atom. The molecule has 8 heteroatoms. The van der Waals surface area contributed by atoms with Crippen molar-refractivity contribution in [1.82, 2.24) is 5.32 Å². The van der Waals surface area contributed by atoms with E-state index < -0.39 is 23.6 Å². The van der Waals surface area contributed by atoms with E-state index in [4.69, 9.17) is 21.1 Å². The molecule has 0 aliphatic heterocycles. The molecule has 0 saturated heterocycles. The maximum atomic E-state index is 11.9. The number of hydrogen-bond donors (Lipinski definition) is 1. The van der Waals surface area contributed by atoms with Crippen LogP contribution >= 0.6 is 11.6 Å². The Labute approximate surface area is 181 Å². The fourth-order valence-corrected chi connectivity index (χ4v) is 2.10. The van der Waals surface area contributed by atoms with Crippen LogP contribution in [0.2, 0.25) is 5.02 Å². The molecule has 1 amide bonds. The number of halogens is 1. The summed E-state index contributed by atoms with van der Waals surface area (Å²) in [5, 5.41) is 3.07. The Kier molecular flexibility index (Phi) is 11.1.